The minimum absolute atomic E-state index is 0.0666. The SMILES string of the molecule is CC(=O)O.CC(C)(C)OC(=O)C[C@@H](/C=C(\Cl)S(C)(=O)=O)NC(=O)OC(C)(C)C.CC(C)(C)OC(=O)C[C@@H](C=O)NC(=O)OC(C)(C)C.CC(C)(C)OC(=O)C[C@H](N)/C=C(\Cl)S(C)(=O)=O.CCOP(=O)(OCC)C(Cl)S(C)(=O)=O.CCOP(=O)(OCC)C(Cl)SC.Cc1ccc(S(=O)(=O)O)cc1.Cc1ccc(S(=O)(=O)[O-])cc1.OO. The highest BCUT2D eigenvalue weighted by Crippen LogP contribution is 2.58. The zero-order valence-electron chi connectivity index (χ0n) is 68.7. The summed E-state index contributed by atoms with van der Waals surface area (Å²) in [5.41, 5.74) is 4.11. The topological polar surface area (TPSA) is 561 Å². The number of halogens is 4. The standard InChI is InChI=1S/C15H26ClNO6S.C13H23NO5.C10H18ClNO4S.2C7H8O3S.C6H14ClO5PS.C6H14ClO3PS.C2H4O2.H2O2/c1-14(2,3)22-12(18)9-10(8-11(16)24(7,20)21)17-13(19)23-15(4,5)6;1-12(2,3)18-10(16)7-9(8-15)14-11(17)19-13(4,5)6;1-10(2,3)16-9(13)6-7(12)5-8(11)17(4,14)15;2*1-6-2-4-7(5-3-6)11(8,9)10;1-4-11-13(8,12-5-2)6(7)14(3,9)10;1-4-9-11(8,10-5-2)6(7)12-3;1-2(3)4;1-2/h8,10H,9H2,1-7H3,(H,17,19);8-9H,7H2,1-6H3,(H,14,17);5,7H,6,12H2,1-4H3;2*2-5H,1H3,(H,8,9,10);6H,4-5H2,1-3H3;6H,4-5H2,1-3H3;1H3,(H,3,4);1-2H/p-1/b11-8+;;8-5+;;;;;;/t10-;9-;7-;;;;;;/m101....../s1. The Morgan fingerprint density at radius 1 is 0.526 bits per heavy atom. The zero-order valence-corrected chi connectivity index (χ0v) is 78.5. The summed E-state index contributed by atoms with van der Waals surface area (Å²) in [7, 11) is -25.9. The van der Waals surface area contributed by atoms with Crippen molar-refractivity contribution in [2.75, 3.05) is 51.5 Å². The van der Waals surface area contributed by atoms with Crippen molar-refractivity contribution >= 4 is 165 Å². The lowest BCUT2D eigenvalue weighted by atomic mass is 10.1. The van der Waals surface area contributed by atoms with Crippen LogP contribution in [0.5, 0.6) is 0 Å². The number of ether oxygens (including phenoxy) is 5. The van der Waals surface area contributed by atoms with E-state index in [1.807, 2.05) is 13.8 Å². The minimum atomic E-state index is -4.27. The first-order valence-electron chi connectivity index (χ1n) is 33.2. The molecule has 0 saturated heterocycles. The molecule has 48 heteroatoms. The predicted molar refractivity (Wildman–Crippen MR) is 437 cm³/mol. The number of alkyl carbamates (subject to hydrolysis) is 2. The summed E-state index contributed by atoms with van der Waals surface area (Å²) in [6.07, 6.45) is 5.04. The average molecular weight is 1880 g/mol. The normalized spacial score (nSPS) is 13.6. The number of aliphatic carboxylic acids is 1. The second-order valence-corrected chi connectivity index (χ2v) is 45.7. The number of aryl methyl sites for hydroxylation is 2. The van der Waals surface area contributed by atoms with Gasteiger partial charge in [0.15, 0.2) is 34.0 Å². The third-order valence-electron chi connectivity index (χ3n) is 10.3. The monoisotopic (exact) mass is 1870 g/mol. The Labute approximate surface area is 696 Å². The number of carboxylic acid groups (broad SMARTS) is 1. The average Bonchev–Trinajstić information content (AvgIpc) is 0.819. The van der Waals surface area contributed by atoms with Gasteiger partial charge in [-0.3, -0.25) is 43.4 Å². The van der Waals surface area contributed by atoms with Crippen molar-refractivity contribution in [3.05, 3.63) is 80.5 Å². The highest BCUT2D eigenvalue weighted by atomic mass is 35.5. The number of amides is 2. The Bertz CT molecular complexity index is 3860. The number of hydrogen-bond donors (Lipinski definition) is 7. The van der Waals surface area contributed by atoms with Crippen LogP contribution in [0.3, 0.4) is 0 Å². The van der Waals surface area contributed by atoms with Crippen LogP contribution in [0.4, 0.5) is 9.59 Å². The van der Waals surface area contributed by atoms with Gasteiger partial charge in [-0.2, -0.15) is 8.42 Å². The molecule has 5 atom stereocenters. The van der Waals surface area contributed by atoms with E-state index in [4.69, 9.17) is 119 Å². The molecule has 0 aliphatic rings. The Kier molecular flexibility index (Phi) is 61.0. The molecule has 668 valence electrons. The fourth-order valence-corrected chi connectivity index (χ4v) is 14.8. The zero-order chi connectivity index (χ0) is 92.0. The van der Waals surface area contributed by atoms with Gasteiger partial charge >= 0.3 is 45.3 Å². The van der Waals surface area contributed by atoms with Crippen LogP contribution in [0.15, 0.2) is 79.2 Å². The van der Waals surface area contributed by atoms with E-state index >= 15 is 0 Å². The van der Waals surface area contributed by atoms with Crippen LogP contribution in [0.25, 0.3) is 0 Å². The quantitative estimate of drug-likeness (QED) is 0.00638. The third kappa shape index (κ3) is 71.5. The fraction of sp³-hybridized carbons (Fsp3) is 0.652. The van der Waals surface area contributed by atoms with Crippen molar-refractivity contribution in [1.82, 2.24) is 10.6 Å². The van der Waals surface area contributed by atoms with Crippen LogP contribution in [-0.4, -0.2) is 216 Å². The van der Waals surface area contributed by atoms with Crippen molar-refractivity contribution in [1.29, 1.82) is 0 Å². The summed E-state index contributed by atoms with van der Waals surface area (Å²) in [5, 5.41) is 24.1. The molecule has 36 nitrogen and oxygen atoms in total. The number of sulfone groups is 3. The summed E-state index contributed by atoms with van der Waals surface area (Å²) in [5.74, 6) is -2.50. The van der Waals surface area contributed by atoms with Gasteiger partial charge in [0.2, 0.25) is 4.45 Å². The van der Waals surface area contributed by atoms with E-state index in [0.29, 0.717) is 19.5 Å². The van der Waals surface area contributed by atoms with Crippen LogP contribution in [0, 0.1) is 13.8 Å². The van der Waals surface area contributed by atoms with Gasteiger partial charge in [0.25, 0.3) is 16.1 Å². The van der Waals surface area contributed by atoms with E-state index in [-0.39, 0.29) is 46.6 Å². The van der Waals surface area contributed by atoms with Crippen molar-refractivity contribution in [3.8, 4) is 0 Å². The highest BCUT2D eigenvalue weighted by molar-refractivity contribution is 8.06. The van der Waals surface area contributed by atoms with E-state index in [9.17, 15) is 84.5 Å². The van der Waals surface area contributed by atoms with Gasteiger partial charge in [0.1, 0.15) is 53.1 Å². The smallest absolute Gasteiger partial charge is 0.408 e. The molecule has 0 radical (unpaired) electrons. The lowest BCUT2D eigenvalue weighted by molar-refractivity contribution is -0.176. The van der Waals surface area contributed by atoms with Crippen LogP contribution in [0.1, 0.15) is 169 Å². The molecule has 2 amide bonds. The number of rotatable bonds is 27. The van der Waals surface area contributed by atoms with E-state index in [1.165, 1.54) is 36.0 Å². The van der Waals surface area contributed by atoms with Gasteiger partial charge in [0, 0.05) is 31.7 Å². The summed E-state index contributed by atoms with van der Waals surface area (Å²) in [6.45, 7) is 37.9. The largest absolute Gasteiger partial charge is 0.744 e. The summed E-state index contributed by atoms with van der Waals surface area (Å²) in [6, 6.07) is 9.04. The Morgan fingerprint density at radius 2 is 0.798 bits per heavy atom. The number of aldehydes is 1. The maximum absolute atomic E-state index is 11.9. The van der Waals surface area contributed by atoms with E-state index in [1.54, 1.807) is 162 Å². The van der Waals surface area contributed by atoms with Crippen LogP contribution >= 0.6 is 73.4 Å². The van der Waals surface area contributed by atoms with Gasteiger partial charge in [0.05, 0.1) is 67.6 Å². The molecular weight excluding hydrogens is 1760 g/mol. The second kappa shape index (κ2) is 56.8. The Balaban J connectivity index is -0.000000235. The molecule has 2 aromatic rings. The van der Waals surface area contributed by atoms with Crippen LogP contribution in [-0.2, 0) is 125 Å². The lowest BCUT2D eigenvalue weighted by Gasteiger charge is -2.24. The van der Waals surface area contributed by atoms with Crippen molar-refractivity contribution < 1.29 is 151 Å². The fourth-order valence-electron chi connectivity index (χ4n) is 6.34. The number of esters is 3. The first-order valence-corrected chi connectivity index (χ1v) is 47.9. The van der Waals surface area contributed by atoms with Crippen LogP contribution < -0.4 is 16.4 Å². The van der Waals surface area contributed by atoms with Gasteiger partial charge < -0.3 is 72.6 Å². The molecule has 0 fully saturated rings. The summed E-state index contributed by atoms with van der Waals surface area (Å²) >= 11 is 23.8. The molecule has 0 saturated carbocycles. The molecule has 8 N–H and O–H groups in total. The molecule has 114 heavy (non-hydrogen) atoms. The molecular formula is C66H116Cl4N3O33P2S6-. The number of carbonyl (C=O) groups excluding carboxylic acids is 6. The molecule has 2 aromatic carbocycles. The number of nitrogens with one attached hydrogen (secondary N) is 2. The lowest BCUT2D eigenvalue weighted by Crippen LogP contribution is -2.41. The maximum atomic E-state index is 11.9. The van der Waals surface area contributed by atoms with Gasteiger partial charge in [-0.15, -0.1) is 11.8 Å². The number of benzene rings is 2. The first-order chi connectivity index (χ1) is 50.9. The second-order valence-electron chi connectivity index (χ2n) is 27.6. The Morgan fingerprint density at radius 3 is 1.05 bits per heavy atom. The molecule has 0 spiro atoms. The number of thioether (sulfide) groups is 1. The van der Waals surface area contributed by atoms with E-state index < -0.39 is 160 Å². The summed E-state index contributed by atoms with van der Waals surface area (Å²) < 4.78 is 193. The number of carbonyl (C=O) groups is 7. The predicted octanol–water partition coefficient (Wildman–Crippen LogP) is 12.9. The number of nitrogens with two attached hydrogens (primary N) is 1. The molecule has 0 heterocycles. The van der Waals surface area contributed by atoms with Crippen molar-refractivity contribution in [2.45, 2.75) is 236 Å². The van der Waals surface area contributed by atoms with Crippen molar-refractivity contribution in [3.63, 3.8) is 0 Å². The molecule has 0 aliphatic carbocycles. The first kappa shape index (κ1) is 123. The number of carboxylic acids is 1. The van der Waals surface area contributed by atoms with Crippen molar-refractivity contribution in [2.24, 2.45) is 5.73 Å². The number of alkyl halides is 2. The Hall–Kier alpha value is -4.63. The molecule has 2 rings (SSSR count). The maximum Gasteiger partial charge on any atom is 0.408 e. The molecule has 0 bridgehead atoms. The van der Waals surface area contributed by atoms with Gasteiger partial charge in [-0.05, 0) is 188 Å². The van der Waals surface area contributed by atoms with Gasteiger partial charge in [-0.1, -0.05) is 81.8 Å². The minimum Gasteiger partial charge on any atom is -0.744 e. The summed E-state index contributed by atoms with van der Waals surface area (Å²) in [4.78, 5) is 77.7. The van der Waals surface area contributed by atoms with Gasteiger partial charge in [-0.25, -0.2) is 43.3 Å². The molecule has 0 aliphatic heterocycles. The van der Waals surface area contributed by atoms with Crippen LogP contribution in [0.2, 0.25) is 0 Å². The number of hydrogen-bond acceptors (Lipinski definition) is 33. The molecule has 2 unspecified atom stereocenters. The van der Waals surface area contributed by atoms with E-state index in [0.717, 1.165) is 49.0 Å². The highest BCUT2D eigenvalue weighted by Gasteiger charge is 2.41. The van der Waals surface area contributed by atoms with E-state index in [2.05, 4.69) is 10.6 Å². The molecule has 0 aromatic heterocycles. The third-order valence-corrected chi connectivity index (χ3v) is 26.5.